The van der Waals surface area contributed by atoms with Crippen LogP contribution in [0.2, 0.25) is 0 Å². The molecule has 0 saturated carbocycles. The third kappa shape index (κ3) is 3.84. The van der Waals surface area contributed by atoms with Gasteiger partial charge in [-0.3, -0.25) is 9.82 Å². The molecule has 0 saturated heterocycles. The zero-order valence-corrected chi connectivity index (χ0v) is 16.9. The maximum atomic E-state index is 13.1. The smallest absolute Gasteiger partial charge is 0.349 e. The van der Waals surface area contributed by atoms with Crippen LogP contribution in [0.3, 0.4) is 0 Å². The van der Waals surface area contributed by atoms with E-state index >= 15 is 0 Å². The molecule has 1 atom stereocenters. The number of methoxy groups -OCH3 is 1. The highest BCUT2D eigenvalue weighted by Gasteiger charge is 2.29. The van der Waals surface area contributed by atoms with Crippen LogP contribution in [0.1, 0.15) is 48.0 Å². The number of ether oxygens (including phenoxy) is 1. The van der Waals surface area contributed by atoms with Crippen LogP contribution in [0.25, 0.3) is 10.1 Å². The van der Waals surface area contributed by atoms with E-state index in [0.717, 1.165) is 29.9 Å². The molecule has 0 amide bonds. The number of anilines is 1. The van der Waals surface area contributed by atoms with Gasteiger partial charge in [-0.1, -0.05) is 38.5 Å². The minimum atomic E-state index is -4.03. The number of H-pyrrole nitrogens is 1. The number of aromatic nitrogens is 2. The van der Waals surface area contributed by atoms with Crippen molar-refractivity contribution in [2.45, 2.75) is 37.5 Å². The van der Waals surface area contributed by atoms with Gasteiger partial charge in [-0.05, 0) is 18.4 Å². The number of nitrogens with one attached hydrogen (secondary N) is 2. The van der Waals surface area contributed by atoms with Gasteiger partial charge in [-0.25, -0.2) is 13.2 Å². The molecule has 2 heterocycles. The fourth-order valence-corrected chi connectivity index (χ4v) is 5.75. The van der Waals surface area contributed by atoms with Crippen LogP contribution in [0.15, 0.2) is 35.2 Å². The summed E-state index contributed by atoms with van der Waals surface area (Å²) < 4.78 is 34.1. The molecule has 27 heavy (non-hydrogen) atoms. The van der Waals surface area contributed by atoms with Crippen LogP contribution in [0.4, 0.5) is 5.82 Å². The van der Waals surface area contributed by atoms with Crippen LogP contribution in [0.5, 0.6) is 0 Å². The van der Waals surface area contributed by atoms with Gasteiger partial charge < -0.3 is 4.74 Å². The summed E-state index contributed by atoms with van der Waals surface area (Å²) >= 11 is 1.09. The van der Waals surface area contributed by atoms with E-state index < -0.39 is 16.0 Å². The van der Waals surface area contributed by atoms with E-state index in [1.54, 1.807) is 30.3 Å². The molecule has 0 radical (unpaired) electrons. The van der Waals surface area contributed by atoms with E-state index in [1.165, 1.54) is 7.11 Å². The van der Waals surface area contributed by atoms with Crippen LogP contribution < -0.4 is 4.72 Å². The molecule has 2 N–H and O–H groups in total. The number of aromatic amines is 1. The number of carbonyl (C=O) groups excluding carboxylic acids is 1. The molecule has 0 aliphatic carbocycles. The van der Waals surface area contributed by atoms with Crippen LogP contribution in [-0.4, -0.2) is 31.7 Å². The van der Waals surface area contributed by atoms with E-state index in [2.05, 4.69) is 28.8 Å². The van der Waals surface area contributed by atoms with Gasteiger partial charge in [-0.2, -0.15) is 5.10 Å². The highest BCUT2D eigenvalue weighted by atomic mass is 32.2. The molecule has 1 unspecified atom stereocenters. The first-order chi connectivity index (χ1) is 12.9. The van der Waals surface area contributed by atoms with E-state index in [4.69, 9.17) is 4.74 Å². The van der Waals surface area contributed by atoms with Crippen LogP contribution in [-0.2, 0) is 14.8 Å². The number of carbonyl (C=O) groups is 1. The van der Waals surface area contributed by atoms with Crippen molar-refractivity contribution in [3.8, 4) is 0 Å². The molecule has 144 valence electrons. The summed E-state index contributed by atoms with van der Waals surface area (Å²) in [4.78, 5) is 12.1. The lowest BCUT2D eigenvalue weighted by Gasteiger charge is -2.07. The lowest BCUT2D eigenvalue weighted by molar-refractivity contribution is 0.0602. The number of thiophene rings is 1. The summed E-state index contributed by atoms with van der Waals surface area (Å²) in [5.41, 5.74) is 0.859. The summed E-state index contributed by atoms with van der Waals surface area (Å²) in [5, 5.41) is 7.42. The van der Waals surface area contributed by atoms with E-state index in [9.17, 15) is 13.2 Å². The van der Waals surface area contributed by atoms with Crippen molar-refractivity contribution < 1.29 is 17.9 Å². The molecule has 9 heteroatoms. The Hall–Kier alpha value is -2.39. The monoisotopic (exact) mass is 407 g/mol. The van der Waals surface area contributed by atoms with Crippen molar-refractivity contribution in [3.63, 3.8) is 0 Å². The predicted octanol–water partition coefficient (Wildman–Crippen LogP) is 4.12. The first-order valence-corrected chi connectivity index (χ1v) is 10.8. The standard InChI is InChI=1S/C18H21N3O4S2/c1-4-7-11(2)13-10-15(20-19-13)21-27(23,24)17-12-8-5-6-9-14(12)26-16(17)18(22)25-3/h5-6,8-11H,4,7H2,1-3H3,(H2,19,20,21). The Morgan fingerprint density at radius 3 is 2.81 bits per heavy atom. The Balaban J connectivity index is 2.01. The fourth-order valence-electron chi connectivity index (χ4n) is 2.93. The number of hydrogen-bond acceptors (Lipinski definition) is 6. The molecule has 0 fully saturated rings. The number of benzene rings is 1. The second-order valence-electron chi connectivity index (χ2n) is 6.25. The third-order valence-electron chi connectivity index (χ3n) is 4.28. The molecule has 0 aliphatic rings. The van der Waals surface area contributed by atoms with E-state index in [-0.39, 0.29) is 21.5 Å². The van der Waals surface area contributed by atoms with Crippen molar-refractivity contribution in [2.24, 2.45) is 0 Å². The minimum Gasteiger partial charge on any atom is -0.465 e. The first kappa shape index (κ1) is 19.4. The van der Waals surface area contributed by atoms with Crippen molar-refractivity contribution >= 4 is 43.2 Å². The Kier molecular flexibility index (Phi) is 5.52. The topological polar surface area (TPSA) is 101 Å². The van der Waals surface area contributed by atoms with Gasteiger partial charge >= 0.3 is 5.97 Å². The van der Waals surface area contributed by atoms with Gasteiger partial charge in [0.1, 0.15) is 9.77 Å². The van der Waals surface area contributed by atoms with Gasteiger partial charge in [-0.15, -0.1) is 11.3 Å². The van der Waals surface area contributed by atoms with Crippen LogP contribution >= 0.6 is 11.3 Å². The van der Waals surface area contributed by atoms with Gasteiger partial charge in [0.15, 0.2) is 5.82 Å². The molecule has 0 bridgehead atoms. The largest absolute Gasteiger partial charge is 0.465 e. The van der Waals surface area contributed by atoms with Crippen molar-refractivity contribution in [1.82, 2.24) is 10.2 Å². The van der Waals surface area contributed by atoms with Gasteiger partial charge in [0.2, 0.25) is 0 Å². The van der Waals surface area contributed by atoms with E-state index in [1.807, 2.05) is 0 Å². The number of hydrogen-bond donors (Lipinski definition) is 2. The fraction of sp³-hybridized carbons (Fsp3) is 0.333. The summed E-state index contributed by atoms with van der Waals surface area (Å²) in [5.74, 6) is -0.247. The van der Waals surface area contributed by atoms with Gasteiger partial charge in [0, 0.05) is 21.8 Å². The molecular weight excluding hydrogens is 386 g/mol. The third-order valence-corrected chi connectivity index (χ3v) is 7.00. The SMILES string of the molecule is CCCC(C)c1cc(NS(=O)(=O)c2c(C(=O)OC)sc3ccccc23)n[nH]1. The Morgan fingerprint density at radius 1 is 1.37 bits per heavy atom. The Labute approximate surface area is 161 Å². The number of fused-ring (bicyclic) bond motifs is 1. The highest BCUT2D eigenvalue weighted by Crippen LogP contribution is 2.36. The van der Waals surface area contributed by atoms with Crippen molar-refractivity contribution in [1.29, 1.82) is 0 Å². The number of nitrogens with zero attached hydrogens (tertiary/aromatic N) is 1. The molecule has 0 spiro atoms. The maximum Gasteiger partial charge on any atom is 0.349 e. The minimum absolute atomic E-state index is 0.0429. The first-order valence-electron chi connectivity index (χ1n) is 8.55. The Morgan fingerprint density at radius 2 is 2.11 bits per heavy atom. The highest BCUT2D eigenvalue weighted by molar-refractivity contribution is 7.93. The zero-order valence-electron chi connectivity index (χ0n) is 15.3. The van der Waals surface area contributed by atoms with E-state index in [0.29, 0.717) is 10.1 Å². The molecule has 1 aromatic carbocycles. The second-order valence-corrected chi connectivity index (χ2v) is 8.92. The molecule has 0 aliphatic heterocycles. The van der Waals surface area contributed by atoms with Crippen LogP contribution in [0, 0.1) is 0 Å². The summed E-state index contributed by atoms with van der Waals surface area (Å²) in [6.07, 6.45) is 1.99. The average molecular weight is 408 g/mol. The lowest BCUT2D eigenvalue weighted by Crippen LogP contribution is -2.16. The summed E-state index contributed by atoms with van der Waals surface area (Å²) in [6, 6.07) is 8.65. The number of sulfonamides is 1. The summed E-state index contributed by atoms with van der Waals surface area (Å²) in [7, 11) is -2.80. The molecule has 2 aromatic heterocycles. The number of rotatable bonds is 7. The Bertz CT molecular complexity index is 1070. The molecule has 3 rings (SSSR count). The normalized spacial score (nSPS) is 12.9. The van der Waals surface area contributed by atoms with Crippen molar-refractivity contribution in [2.75, 3.05) is 11.8 Å². The average Bonchev–Trinajstić information content (AvgIpc) is 3.25. The number of esters is 1. The molecule has 3 aromatic rings. The predicted molar refractivity (Wildman–Crippen MR) is 106 cm³/mol. The molecule has 7 nitrogen and oxygen atoms in total. The molecular formula is C18H21N3O4S2. The lowest BCUT2D eigenvalue weighted by atomic mass is 10.0. The maximum absolute atomic E-state index is 13.1. The van der Waals surface area contributed by atoms with Gasteiger partial charge in [0.25, 0.3) is 10.0 Å². The van der Waals surface area contributed by atoms with Gasteiger partial charge in [0.05, 0.1) is 7.11 Å². The quantitative estimate of drug-likeness (QED) is 0.574. The van der Waals surface area contributed by atoms with Crippen molar-refractivity contribution in [3.05, 3.63) is 40.9 Å². The second kappa shape index (κ2) is 7.69. The summed E-state index contributed by atoms with van der Waals surface area (Å²) in [6.45, 7) is 4.14. The zero-order chi connectivity index (χ0) is 19.6.